The number of aryl methyl sites for hydroxylation is 2. The van der Waals surface area contributed by atoms with Crippen molar-refractivity contribution in [3.8, 4) is 0 Å². The van der Waals surface area contributed by atoms with Gasteiger partial charge in [-0.15, -0.1) is 0 Å². The van der Waals surface area contributed by atoms with E-state index in [0.717, 1.165) is 16.7 Å². The number of nitrogens with zero attached hydrogens (tertiary/aromatic N) is 2. The first kappa shape index (κ1) is 23.0. The number of benzene rings is 2. The molecule has 0 aliphatic carbocycles. The summed E-state index contributed by atoms with van der Waals surface area (Å²) >= 11 is 0. The SMILES string of the molecule is Cc1ccc(S(=O)(=O)N(CC(=O)N2CCC(C(N)=O)CC2)Cc2cccc(C)c2)cc1. The molecule has 0 spiro atoms. The number of hydrogen-bond donors (Lipinski definition) is 1. The van der Waals surface area contributed by atoms with Crippen molar-refractivity contribution in [1.29, 1.82) is 0 Å². The van der Waals surface area contributed by atoms with Crippen molar-refractivity contribution >= 4 is 21.8 Å². The molecule has 0 unspecified atom stereocenters. The molecule has 0 bridgehead atoms. The molecule has 2 aromatic carbocycles. The molecule has 1 saturated heterocycles. The normalized spacial score (nSPS) is 15.3. The molecule has 7 nitrogen and oxygen atoms in total. The Morgan fingerprint density at radius 1 is 1.03 bits per heavy atom. The van der Waals surface area contributed by atoms with Gasteiger partial charge in [0.05, 0.1) is 11.4 Å². The summed E-state index contributed by atoms with van der Waals surface area (Å²) in [7, 11) is -3.88. The second-order valence-electron chi connectivity index (χ2n) is 8.13. The van der Waals surface area contributed by atoms with Gasteiger partial charge in [0, 0.05) is 25.6 Å². The van der Waals surface area contributed by atoms with Gasteiger partial charge in [0.2, 0.25) is 21.8 Å². The quantitative estimate of drug-likeness (QED) is 0.709. The van der Waals surface area contributed by atoms with E-state index in [9.17, 15) is 18.0 Å². The molecule has 1 aliphatic rings. The van der Waals surface area contributed by atoms with Crippen LogP contribution in [0, 0.1) is 19.8 Å². The van der Waals surface area contributed by atoms with Gasteiger partial charge in [0.1, 0.15) is 0 Å². The number of likely N-dealkylation sites (tertiary alicyclic amines) is 1. The van der Waals surface area contributed by atoms with Crippen LogP contribution in [0.1, 0.15) is 29.5 Å². The number of hydrogen-bond acceptors (Lipinski definition) is 4. The molecule has 31 heavy (non-hydrogen) atoms. The molecular formula is C23H29N3O4S. The Morgan fingerprint density at radius 2 is 1.68 bits per heavy atom. The lowest BCUT2D eigenvalue weighted by Gasteiger charge is -2.32. The van der Waals surface area contributed by atoms with E-state index in [1.165, 1.54) is 4.31 Å². The van der Waals surface area contributed by atoms with Gasteiger partial charge < -0.3 is 10.6 Å². The highest BCUT2D eigenvalue weighted by Gasteiger charge is 2.31. The zero-order valence-electron chi connectivity index (χ0n) is 18.0. The van der Waals surface area contributed by atoms with Crippen molar-refractivity contribution in [2.75, 3.05) is 19.6 Å². The van der Waals surface area contributed by atoms with E-state index in [2.05, 4.69) is 0 Å². The van der Waals surface area contributed by atoms with E-state index in [1.54, 1.807) is 29.2 Å². The third kappa shape index (κ3) is 5.71. The highest BCUT2D eigenvalue weighted by molar-refractivity contribution is 7.89. The van der Waals surface area contributed by atoms with Gasteiger partial charge >= 0.3 is 0 Å². The zero-order valence-corrected chi connectivity index (χ0v) is 18.8. The van der Waals surface area contributed by atoms with Gasteiger partial charge in [0.25, 0.3) is 0 Å². The van der Waals surface area contributed by atoms with Crippen molar-refractivity contribution in [3.63, 3.8) is 0 Å². The summed E-state index contributed by atoms with van der Waals surface area (Å²) in [4.78, 5) is 26.1. The van der Waals surface area contributed by atoms with Crippen molar-refractivity contribution in [1.82, 2.24) is 9.21 Å². The summed E-state index contributed by atoms with van der Waals surface area (Å²) in [6.45, 7) is 4.47. The minimum Gasteiger partial charge on any atom is -0.369 e. The Balaban J connectivity index is 1.82. The standard InChI is InChI=1S/C23H29N3O4S/c1-17-6-8-21(9-7-17)31(29,30)26(15-19-5-3-4-18(2)14-19)16-22(27)25-12-10-20(11-13-25)23(24)28/h3-9,14,20H,10-13,15-16H2,1-2H3,(H2,24,28). The number of piperidine rings is 1. The number of carbonyl (C=O) groups is 2. The molecule has 3 rings (SSSR count). The van der Waals surface area contributed by atoms with E-state index >= 15 is 0 Å². The van der Waals surface area contributed by atoms with Crippen molar-refractivity contribution in [2.24, 2.45) is 11.7 Å². The van der Waals surface area contributed by atoms with Gasteiger partial charge in [-0.05, 0) is 44.4 Å². The average Bonchev–Trinajstić information content (AvgIpc) is 2.73. The molecule has 1 heterocycles. The monoisotopic (exact) mass is 443 g/mol. The predicted octanol–water partition coefficient (Wildman–Crippen LogP) is 2.22. The van der Waals surface area contributed by atoms with E-state index in [0.29, 0.717) is 25.9 Å². The minimum absolute atomic E-state index is 0.0986. The summed E-state index contributed by atoms with van der Waals surface area (Å²) in [5, 5.41) is 0. The smallest absolute Gasteiger partial charge is 0.243 e. The summed E-state index contributed by atoms with van der Waals surface area (Å²) in [5.41, 5.74) is 8.16. The first-order chi connectivity index (χ1) is 14.7. The minimum atomic E-state index is -3.88. The lowest BCUT2D eigenvalue weighted by atomic mass is 9.96. The fourth-order valence-corrected chi connectivity index (χ4v) is 5.14. The summed E-state index contributed by atoms with van der Waals surface area (Å²) in [6.07, 6.45) is 1.01. The molecule has 2 N–H and O–H groups in total. The number of primary amides is 1. The van der Waals surface area contributed by atoms with Crippen LogP contribution in [-0.4, -0.2) is 49.1 Å². The van der Waals surface area contributed by atoms with E-state index in [1.807, 2.05) is 38.1 Å². The Hall–Kier alpha value is -2.71. The molecule has 8 heteroatoms. The summed E-state index contributed by atoms with van der Waals surface area (Å²) in [5.74, 6) is -0.856. The first-order valence-electron chi connectivity index (χ1n) is 10.4. The molecule has 1 fully saturated rings. The van der Waals surface area contributed by atoms with Crippen molar-refractivity contribution < 1.29 is 18.0 Å². The molecule has 0 saturated carbocycles. The van der Waals surface area contributed by atoms with Crippen LogP contribution in [0.2, 0.25) is 0 Å². The Bertz CT molecular complexity index is 1040. The first-order valence-corrected chi connectivity index (χ1v) is 11.8. The van der Waals surface area contributed by atoms with Gasteiger partial charge in [0.15, 0.2) is 0 Å². The molecule has 0 atom stereocenters. The molecule has 0 aromatic heterocycles. The average molecular weight is 444 g/mol. The van der Waals surface area contributed by atoms with Crippen molar-refractivity contribution in [2.45, 2.75) is 38.1 Å². The number of carbonyl (C=O) groups excluding carboxylic acids is 2. The number of nitrogens with two attached hydrogens (primary N) is 1. The second kappa shape index (κ2) is 9.62. The molecule has 0 radical (unpaired) electrons. The summed E-state index contributed by atoms with van der Waals surface area (Å²) < 4.78 is 28.0. The maximum Gasteiger partial charge on any atom is 0.243 e. The maximum atomic E-state index is 13.4. The third-order valence-electron chi connectivity index (χ3n) is 5.66. The lowest BCUT2D eigenvalue weighted by molar-refractivity contribution is -0.135. The van der Waals surface area contributed by atoms with Gasteiger partial charge in [-0.1, -0.05) is 47.5 Å². The van der Waals surface area contributed by atoms with Crippen LogP contribution in [0.4, 0.5) is 0 Å². The van der Waals surface area contributed by atoms with Crippen LogP contribution in [0.25, 0.3) is 0 Å². The van der Waals surface area contributed by atoms with E-state index < -0.39 is 10.0 Å². The van der Waals surface area contributed by atoms with Crippen LogP contribution in [-0.2, 0) is 26.2 Å². The maximum absolute atomic E-state index is 13.4. The highest BCUT2D eigenvalue weighted by Crippen LogP contribution is 2.21. The third-order valence-corrected chi connectivity index (χ3v) is 7.47. The lowest BCUT2D eigenvalue weighted by Crippen LogP contribution is -2.46. The number of amides is 2. The molecule has 2 amide bonds. The van der Waals surface area contributed by atoms with Crippen LogP contribution in [0.15, 0.2) is 53.4 Å². The van der Waals surface area contributed by atoms with E-state index in [-0.39, 0.29) is 35.7 Å². The fourth-order valence-electron chi connectivity index (χ4n) is 3.76. The van der Waals surface area contributed by atoms with Crippen LogP contribution in [0.3, 0.4) is 0 Å². The largest absolute Gasteiger partial charge is 0.369 e. The predicted molar refractivity (Wildman–Crippen MR) is 118 cm³/mol. The fraction of sp³-hybridized carbons (Fsp3) is 0.391. The van der Waals surface area contributed by atoms with Crippen LogP contribution >= 0.6 is 0 Å². The Kier molecular flexibility index (Phi) is 7.12. The highest BCUT2D eigenvalue weighted by atomic mass is 32.2. The van der Waals surface area contributed by atoms with Crippen molar-refractivity contribution in [3.05, 3.63) is 65.2 Å². The molecule has 1 aliphatic heterocycles. The summed E-state index contributed by atoms with van der Waals surface area (Å²) in [6, 6.07) is 14.2. The Morgan fingerprint density at radius 3 is 2.26 bits per heavy atom. The van der Waals surface area contributed by atoms with Crippen LogP contribution < -0.4 is 5.73 Å². The zero-order chi connectivity index (χ0) is 22.6. The van der Waals surface area contributed by atoms with Gasteiger partial charge in [-0.25, -0.2) is 8.42 Å². The van der Waals surface area contributed by atoms with Crippen LogP contribution in [0.5, 0.6) is 0 Å². The topological polar surface area (TPSA) is 101 Å². The number of sulfonamides is 1. The Labute approximate surface area is 183 Å². The molecular weight excluding hydrogens is 414 g/mol. The van der Waals surface area contributed by atoms with Gasteiger partial charge in [-0.2, -0.15) is 4.31 Å². The number of rotatable bonds is 7. The molecule has 2 aromatic rings. The van der Waals surface area contributed by atoms with Gasteiger partial charge in [-0.3, -0.25) is 9.59 Å². The second-order valence-corrected chi connectivity index (χ2v) is 10.1. The molecule has 166 valence electrons. The van der Waals surface area contributed by atoms with E-state index in [4.69, 9.17) is 5.73 Å².